The van der Waals surface area contributed by atoms with Gasteiger partial charge in [0.2, 0.25) is 0 Å². The molecule has 0 aliphatic carbocycles. The van der Waals surface area contributed by atoms with Gasteiger partial charge < -0.3 is 5.32 Å². The Morgan fingerprint density at radius 1 is 1.21 bits per heavy atom. The molecule has 0 heterocycles. The zero-order valence-electron chi connectivity index (χ0n) is 12.1. The summed E-state index contributed by atoms with van der Waals surface area (Å²) in [5.41, 5.74) is 1.23. The van der Waals surface area contributed by atoms with Gasteiger partial charge >= 0.3 is 0 Å². The topological polar surface area (TPSA) is 46.2 Å². The standard InChI is InChI=1S/C15H25NO2S/c1-4-11-16-15(14-8-6-5-7-9-14)13(2)10-12-19(3,17)18/h5-9,13,15-16H,4,10-12H2,1-3H3. The molecule has 4 heteroatoms. The summed E-state index contributed by atoms with van der Waals surface area (Å²) in [5.74, 6) is 0.550. The first-order chi connectivity index (χ1) is 8.94. The Kier molecular flexibility index (Phi) is 6.52. The van der Waals surface area contributed by atoms with Gasteiger partial charge in [-0.1, -0.05) is 44.2 Å². The summed E-state index contributed by atoms with van der Waals surface area (Å²) in [5, 5.41) is 3.53. The second-order valence-electron chi connectivity index (χ2n) is 5.24. The summed E-state index contributed by atoms with van der Waals surface area (Å²) in [6.07, 6.45) is 3.06. The van der Waals surface area contributed by atoms with Crippen LogP contribution in [0.1, 0.15) is 38.3 Å². The van der Waals surface area contributed by atoms with Crippen LogP contribution < -0.4 is 5.32 Å². The van der Waals surface area contributed by atoms with Crippen molar-refractivity contribution < 1.29 is 8.42 Å². The smallest absolute Gasteiger partial charge is 0.147 e. The van der Waals surface area contributed by atoms with Crippen LogP contribution in [-0.2, 0) is 9.84 Å². The Morgan fingerprint density at radius 2 is 1.84 bits per heavy atom. The quantitative estimate of drug-likeness (QED) is 0.798. The molecule has 0 bridgehead atoms. The lowest BCUT2D eigenvalue weighted by Crippen LogP contribution is -2.28. The Balaban J connectivity index is 2.73. The van der Waals surface area contributed by atoms with Crippen molar-refractivity contribution in [1.29, 1.82) is 0 Å². The van der Waals surface area contributed by atoms with Crippen molar-refractivity contribution >= 4 is 9.84 Å². The average molecular weight is 283 g/mol. The van der Waals surface area contributed by atoms with E-state index in [1.165, 1.54) is 11.8 Å². The third-order valence-electron chi connectivity index (χ3n) is 3.29. The van der Waals surface area contributed by atoms with Gasteiger partial charge in [-0.2, -0.15) is 0 Å². The van der Waals surface area contributed by atoms with E-state index in [4.69, 9.17) is 0 Å². The van der Waals surface area contributed by atoms with Gasteiger partial charge in [0.05, 0.1) is 5.75 Å². The van der Waals surface area contributed by atoms with E-state index >= 15 is 0 Å². The fraction of sp³-hybridized carbons (Fsp3) is 0.600. The van der Waals surface area contributed by atoms with Crippen molar-refractivity contribution in [2.24, 2.45) is 5.92 Å². The summed E-state index contributed by atoms with van der Waals surface area (Å²) in [6.45, 7) is 5.20. The van der Waals surface area contributed by atoms with Crippen molar-refractivity contribution in [3.8, 4) is 0 Å². The van der Waals surface area contributed by atoms with Crippen molar-refractivity contribution in [1.82, 2.24) is 5.32 Å². The summed E-state index contributed by atoms with van der Waals surface area (Å²) < 4.78 is 22.6. The molecule has 2 atom stereocenters. The van der Waals surface area contributed by atoms with E-state index in [0.717, 1.165) is 13.0 Å². The Labute approximate surface area is 117 Å². The maximum Gasteiger partial charge on any atom is 0.147 e. The molecule has 0 amide bonds. The van der Waals surface area contributed by atoms with Gasteiger partial charge in [-0.05, 0) is 30.9 Å². The van der Waals surface area contributed by atoms with E-state index in [9.17, 15) is 8.42 Å². The highest BCUT2D eigenvalue weighted by Crippen LogP contribution is 2.24. The van der Waals surface area contributed by atoms with Crippen LogP contribution in [0.5, 0.6) is 0 Å². The zero-order valence-corrected chi connectivity index (χ0v) is 12.9. The van der Waals surface area contributed by atoms with Crippen LogP contribution in [0.15, 0.2) is 30.3 Å². The lowest BCUT2D eigenvalue weighted by Gasteiger charge is -2.25. The molecule has 1 aromatic carbocycles. The van der Waals surface area contributed by atoms with Crippen molar-refractivity contribution in [2.45, 2.75) is 32.7 Å². The Bertz CT molecular complexity index is 456. The zero-order chi connectivity index (χ0) is 14.3. The van der Waals surface area contributed by atoms with Gasteiger partial charge in [-0.25, -0.2) is 8.42 Å². The fourth-order valence-corrected chi connectivity index (χ4v) is 2.97. The summed E-state index contributed by atoms with van der Waals surface area (Å²) >= 11 is 0. The van der Waals surface area contributed by atoms with Crippen molar-refractivity contribution in [2.75, 3.05) is 18.6 Å². The number of rotatable bonds is 8. The molecule has 0 fully saturated rings. The molecule has 0 spiro atoms. The third kappa shape index (κ3) is 6.21. The van der Waals surface area contributed by atoms with Crippen LogP contribution in [-0.4, -0.2) is 27.0 Å². The maximum atomic E-state index is 11.3. The number of sulfone groups is 1. The molecular formula is C15H25NO2S. The lowest BCUT2D eigenvalue weighted by molar-refractivity contribution is 0.377. The number of hydrogen-bond donors (Lipinski definition) is 1. The minimum absolute atomic E-state index is 0.225. The first kappa shape index (κ1) is 16.2. The minimum Gasteiger partial charge on any atom is -0.310 e. The van der Waals surface area contributed by atoms with E-state index in [0.29, 0.717) is 12.3 Å². The van der Waals surface area contributed by atoms with Crippen LogP contribution in [0.4, 0.5) is 0 Å². The van der Waals surface area contributed by atoms with Gasteiger partial charge in [0.1, 0.15) is 9.84 Å². The highest BCUT2D eigenvalue weighted by Gasteiger charge is 2.19. The second kappa shape index (κ2) is 7.65. The van der Waals surface area contributed by atoms with Crippen molar-refractivity contribution in [3.05, 3.63) is 35.9 Å². The van der Waals surface area contributed by atoms with Crippen LogP contribution >= 0.6 is 0 Å². The average Bonchev–Trinajstić information content (AvgIpc) is 2.37. The molecule has 19 heavy (non-hydrogen) atoms. The van der Waals surface area contributed by atoms with Gasteiger partial charge in [-0.15, -0.1) is 0 Å². The largest absolute Gasteiger partial charge is 0.310 e. The molecule has 0 saturated heterocycles. The van der Waals surface area contributed by atoms with Crippen LogP contribution in [0.2, 0.25) is 0 Å². The van der Waals surface area contributed by atoms with E-state index in [1.54, 1.807) is 0 Å². The monoisotopic (exact) mass is 283 g/mol. The van der Waals surface area contributed by atoms with E-state index in [1.807, 2.05) is 18.2 Å². The molecule has 1 aromatic rings. The SMILES string of the molecule is CCCNC(c1ccccc1)C(C)CCS(C)(=O)=O. The van der Waals surface area contributed by atoms with Crippen LogP contribution in [0.3, 0.4) is 0 Å². The molecular weight excluding hydrogens is 258 g/mol. The number of hydrogen-bond acceptors (Lipinski definition) is 3. The van der Waals surface area contributed by atoms with Crippen molar-refractivity contribution in [3.63, 3.8) is 0 Å². The van der Waals surface area contributed by atoms with Gasteiger partial charge in [-0.3, -0.25) is 0 Å². The first-order valence-corrected chi connectivity index (χ1v) is 8.96. The third-order valence-corrected chi connectivity index (χ3v) is 4.26. The molecule has 0 aliphatic heterocycles. The highest BCUT2D eigenvalue weighted by molar-refractivity contribution is 7.90. The fourth-order valence-electron chi connectivity index (χ4n) is 2.17. The predicted octanol–water partition coefficient (Wildman–Crippen LogP) is 2.80. The summed E-state index contributed by atoms with van der Waals surface area (Å²) in [4.78, 5) is 0. The molecule has 1 N–H and O–H groups in total. The van der Waals surface area contributed by atoms with E-state index in [-0.39, 0.29) is 11.8 Å². The molecule has 3 nitrogen and oxygen atoms in total. The van der Waals surface area contributed by atoms with E-state index in [2.05, 4.69) is 31.3 Å². The van der Waals surface area contributed by atoms with Crippen LogP contribution in [0, 0.1) is 5.92 Å². The summed E-state index contributed by atoms with van der Waals surface area (Å²) in [6, 6.07) is 10.5. The molecule has 2 unspecified atom stereocenters. The van der Waals surface area contributed by atoms with Gasteiger partial charge in [0.15, 0.2) is 0 Å². The Hall–Kier alpha value is -0.870. The molecule has 0 aliphatic rings. The summed E-state index contributed by atoms with van der Waals surface area (Å²) in [7, 11) is -2.88. The molecule has 0 aromatic heterocycles. The molecule has 0 radical (unpaired) electrons. The predicted molar refractivity (Wildman–Crippen MR) is 81.0 cm³/mol. The second-order valence-corrected chi connectivity index (χ2v) is 7.50. The van der Waals surface area contributed by atoms with Gasteiger partial charge in [0.25, 0.3) is 0 Å². The minimum atomic E-state index is -2.88. The number of benzene rings is 1. The molecule has 1 rings (SSSR count). The van der Waals surface area contributed by atoms with Gasteiger partial charge in [0, 0.05) is 12.3 Å². The van der Waals surface area contributed by atoms with Crippen LogP contribution in [0.25, 0.3) is 0 Å². The number of nitrogens with one attached hydrogen (secondary N) is 1. The first-order valence-electron chi connectivity index (χ1n) is 6.90. The molecule has 0 saturated carbocycles. The lowest BCUT2D eigenvalue weighted by atomic mass is 9.92. The normalized spacial score (nSPS) is 15.1. The maximum absolute atomic E-state index is 11.3. The Morgan fingerprint density at radius 3 is 2.37 bits per heavy atom. The van der Waals surface area contributed by atoms with E-state index < -0.39 is 9.84 Å². The highest BCUT2D eigenvalue weighted by atomic mass is 32.2. The molecule has 108 valence electrons.